The summed E-state index contributed by atoms with van der Waals surface area (Å²) in [4.78, 5) is 34.8. The lowest BCUT2D eigenvalue weighted by Gasteiger charge is -2.31. The standard InChI is InChI=1S/C24H33N3O8S/c1-5-35-20(28)13-8-6-7-9-14-25-36(32,33)23-17(3)26-16(2)21(24(29)34-4)22(23)18-11-10-12-19(15-18)27(30)31/h10-12,15,22,25-26H,5-9,13-14H2,1-4H3. The van der Waals surface area contributed by atoms with Crippen LogP contribution in [0.2, 0.25) is 0 Å². The Morgan fingerprint density at radius 2 is 1.83 bits per heavy atom. The first-order valence-electron chi connectivity index (χ1n) is 11.7. The van der Waals surface area contributed by atoms with E-state index in [4.69, 9.17) is 9.47 Å². The van der Waals surface area contributed by atoms with E-state index in [0.29, 0.717) is 43.7 Å². The van der Waals surface area contributed by atoms with E-state index in [-0.39, 0.29) is 34.2 Å². The third-order valence-electron chi connectivity index (χ3n) is 5.71. The lowest BCUT2D eigenvalue weighted by atomic mass is 9.86. The number of methoxy groups -OCH3 is 1. The Morgan fingerprint density at radius 1 is 1.14 bits per heavy atom. The Labute approximate surface area is 211 Å². The van der Waals surface area contributed by atoms with Gasteiger partial charge in [0.2, 0.25) is 10.0 Å². The van der Waals surface area contributed by atoms with Gasteiger partial charge in [0, 0.05) is 36.5 Å². The summed E-state index contributed by atoms with van der Waals surface area (Å²) < 4.78 is 39.2. The van der Waals surface area contributed by atoms with Gasteiger partial charge in [-0.2, -0.15) is 0 Å². The maximum absolute atomic E-state index is 13.4. The number of benzene rings is 1. The molecule has 36 heavy (non-hydrogen) atoms. The molecule has 2 rings (SSSR count). The van der Waals surface area contributed by atoms with Crippen molar-refractivity contribution >= 4 is 27.6 Å². The smallest absolute Gasteiger partial charge is 0.336 e. The molecule has 0 radical (unpaired) electrons. The molecule has 1 aromatic rings. The third kappa shape index (κ3) is 7.37. The number of nitrogens with zero attached hydrogens (tertiary/aromatic N) is 1. The molecule has 0 saturated heterocycles. The number of nitro groups is 1. The van der Waals surface area contributed by atoms with Crippen molar-refractivity contribution in [3.8, 4) is 0 Å². The molecule has 1 aliphatic rings. The number of hydrogen-bond acceptors (Lipinski definition) is 9. The number of dihydropyridines is 1. The van der Waals surface area contributed by atoms with Crippen molar-refractivity contribution in [3.05, 3.63) is 61.8 Å². The Balaban J connectivity index is 2.25. The zero-order valence-electron chi connectivity index (χ0n) is 21.0. The number of unbranched alkanes of at least 4 members (excludes halogenated alkanes) is 3. The molecule has 0 aliphatic carbocycles. The Morgan fingerprint density at radius 3 is 2.47 bits per heavy atom. The molecule has 2 N–H and O–H groups in total. The van der Waals surface area contributed by atoms with Crippen LogP contribution in [0.4, 0.5) is 5.69 Å². The summed E-state index contributed by atoms with van der Waals surface area (Å²) >= 11 is 0. The molecular formula is C24H33N3O8S. The number of rotatable bonds is 13. The Bertz CT molecular complexity index is 1160. The van der Waals surface area contributed by atoms with Gasteiger partial charge in [0.05, 0.1) is 35.0 Å². The number of sulfonamides is 1. The van der Waals surface area contributed by atoms with Crippen LogP contribution in [0.15, 0.2) is 46.1 Å². The normalized spacial score (nSPS) is 15.9. The minimum absolute atomic E-state index is 0.0583. The highest BCUT2D eigenvalue weighted by Crippen LogP contribution is 2.41. The van der Waals surface area contributed by atoms with E-state index in [9.17, 15) is 28.1 Å². The quantitative estimate of drug-likeness (QED) is 0.171. The van der Waals surface area contributed by atoms with Crippen molar-refractivity contribution in [2.45, 2.75) is 58.8 Å². The van der Waals surface area contributed by atoms with Crippen LogP contribution >= 0.6 is 0 Å². The summed E-state index contributed by atoms with van der Waals surface area (Å²) in [6.07, 6.45) is 2.97. The van der Waals surface area contributed by atoms with E-state index in [0.717, 1.165) is 6.42 Å². The molecular weight excluding hydrogens is 490 g/mol. The third-order valence-corrected chi connectivity index (χ3v) is 7.42. The molecule has 1 unspecified atom stereocenters. The van der Waals surface area contributed by atoms with E-state index in [1.807, 2.05) is 0 Å². The van der Waals surface area contributed by atoms with Crippen LogP contribution in [-0.2, 0) is 29.1 Å². The fourth-order valence-electron chi connectivity index (χ4n) is 4.11. The van der Waals surface area contributed by atoms with Crippen LogP contribution in [0, 0.1) is 10.1 Å². The summed E-state index contributed by atoms with van der Waals surface area (Å²) in [5.41, 5.74) is 0.820. The van der Waals surface area contributed by atoms with Gasteiger partial charge in [-0.05, 0) is 39.2 Å². The second-order valence-corrected chi connectivity index (χ2v) is 10.0. The minimum atomic E-state index is -4.09. The molecule has 198 valence electrons. The Hall–Kier alpha value is -3.25. The van der Waals surface area contributed by atoms with Crippen LogP contribution in [0.1, 0.15) is 64.4 Å². The van der Waals surface area contributed by atoms with Gasteiger partial charge >= 0.3 is 11.9 Å². The SMILES string of the molecule is CCOC(=O)CCCCCCNS(=O)(=O)C1=C(C)NC(C)=C(C(=O)OC)C1c1cccc([N+](=O)[O-])c1. The molecule has 1 aromatic carbocycles. The second kappa shape index (κ2) is 13.2. The predicted molar refractivity (Wildman–Crippen MR) is 133 cm³/mol. The largest absolute Gasteiger partial charge is 0.466 e. The minimum Gasteiger partial charge on any atom is -0.466 e. The van der Waals surface area contributed by atoms with Gasteiger partial charge < -0.3 is 14.8 Å². The van der Waals surface area contributed by atoms with E-state index < -0.39 is 26.8 Å². The van der Waals surface area contributed by atoms with Crippen molar-refractivity contribution in [1.29, 1.82) is 0 Å². The van der Waals surface area contributed by atoms with E-state index in [1.165, 1.54) is 25.3 Å². The molecule has 0 amide bonds. The number of nitrogens with one attached hydrogen (secondary N) is 2. The number of esters is 2. The van der Waals surface area contributed by atoms with Crippen molar-refractivity contribution in [2.24, 2.45) is 0 Å². The fourth-order valence-corrected chi connectivity index (χ4v) is 5.70. The summed E-state index contributed by atoms with van der Waals surface area (Å²) in [6.45, 7) is 5.43. The highest BCUT2D eigenvalue weighted by atomic mass is 32.2. The maximum Gasteiger partial charge on any atom is 0.336 e. The average Bonchev–Trinajstić information content (AvgIpc) is 2.82. The van der Waals surface area contributed by atoms with Gasteiger partial charge in [-0.3, -0.25) is 14.9 Å². The molecule has 0 saturated carbocycles. The van der Waals surface area contributed by atoms with Gasteiger partial charge in [0.1, 0.15) is 0 Å². The number of ether oxygens (including phenoxy) is 2. The number of carbonyl (C=O) groups is 2. The first-order valence-corrected chi connectivity index (χ1v) is 13.2. The van der Waals surface area contributed by atoms with Crippen LogP contribution in [0.25, 0.3) is 0 Å². The average molecular weight is 524 g/mol. The lowest BCUT2D eigenvalue weighted by Crippen LogP contribution is -2.36. The van der Waals surface area contributed by atoms with E-state index in [2.05, 4.69) is 10.0 Å². The first-order chi connectivity index (χ1) is 17.0. The van der Waals surface area contributed by atoms with Crippen LogP contribution in [0.5, 0.6) is 0 Å². The fraction of sp³-hybridized carbons (Fsp3) is 0.500. The molecule has 11 nitrogen and oxygen atoms in total. The van der Waals surface area contributed by atoms with Gasteiger partial charge in [0.15, 0.2) is 0 Å². The maximum atomic E-state index is 13.4. The van der Waals surface area contributed by atoms with Gasteiger partial charge in [-0.25, -0.2) is 17.9 Å². The van der Waals surface area contributed by atoms with Gasteiger partial charge in [0.25, 0.3) is 5.69 Å². The summed E-state index contributed by atoms with van der Waals surface area (Å²) in [7, 11) is -2.91. The lowest BCUT2D eigenvalue weighted by molar-refractivity contribution is -0.384. The summed E-state index contributed by atoms with van der Waals surface area (Å²) in [5.74, 6) is -2.08. The van der Waals surface area contributed by atoms with Crippen molar-refractivity contribution in [3.63, 3.8) is 0 Å². The van der Waals surface area contributed by atoms with Crippen molar-refractivity contribution in [1.82, 2.24) is 10.0 Å². The number of carbonyl (C=O) groups excluding carboxylic acids is 2. The van der Waals surface area contributed by atoms with Gasteiger partial charge in [-0.15, -0.1) is 0 Å². The topological polar surface area (TPSA) is 154 Å². The molecule has 0 bridgehead atoms. The van der Waals surface area contributed by atoms with Crippen LogP contribution in [-0.4, -0.2) is 45.5 Å². The number of hydrogen-bond donors (Lipinski definition) is 2. The molecule has 0 aromatic heterocycles. The highest BCUT2D eigenvalue weighted by molar-refractivity contribution is 7.93. The molecule has 1 aliphatic heterocycles. The summed E-state index contributed by atoms with van der Waals surface area (Å²) in [6, 6.07) is 5.55. The van der Waals surface area contributed by atoms with Crippen LogP contribution in [0.3, 0.4) is 0 Å². The zero-order chi connectivity index (χ0) is 26.9. The first kappa shape index (κ1) is 29.0. The number of allylic oxidation sites excluding steroid dienone is 3. The van der Waals surface area contributed by atoms with Gasteiger partial charge in [-0.1, -0.05) is 25.0 Å². The van der Waals surface area contributed by atoms with E-state index in [1.54, 1.807) is 26.8 Å². The van der Waals surface area contributed by atoms with Crippen molar-refractivity contribution < 1.29 is 32.4 Å². The number of non-ortho nitro benzene ring substituents is 1. The Kier molecular flexibility index (Phi) is 10.6. The summed E-state index contributed by atoms with van der Waals surface area (Å²) in [5, 5.41) is 14.3. The second-order valence-electron chi connectivity index (χ2n) is 8.30. The number of nitro benzene ring substituents is 1. The highest BCUT2D eigenvalue weighted by Gasteiger charge is 2.40. The van der Waals surface area contributed by atoms with E-state index >= 15 is 0 Å². The molecule has 0 spiro atoms. The molecule has 1 heterocycles. The molecule has 0 fully saturated rings. The zero-order valence-corrected chi connectivity index (χ0v) is 21.8. The molecule has 12 heteroatoms. The molecule has 1 atom stereocenters. The monoisotopic (exact) mass is 523 g/mol. The predicted octanol–water partition coefficient (Wildman–Crippen LogP) is 3.39. The van der Waals surface area contributed by atoms with Crippen LogP contribution < -0.4 is 10.0 Å². The van der Waals surface area contributed by atoms with Crippen molar-refractivity contribution in [2.75, 3.05) is 20.3 Å².